The monoisotopic (exact) mass is 414 g/mol. The standard InChI is InChI=1S/C20H16ClFN4O3/c1-29-17-7-4-12(21)8-15(17)24-18(27)9-16-20(28)25-19-14(10-23-26(16)19)11-2-5-13(22)6-3-11/h2-8,10,16H,9H2,1H3,(H,24,27)(H,25,28). The first-order chi connectivity index (χ1) is 14.0. The Hall–Kier alpha value is -3.39. The van der Waals surface area contributed by atoms with Gasteiger partial charge in [0, 0.05) is 10.6 Å². The first-order valence-corrected chi connectivity index (χ1v) is 9.12. The minimum absolute atomic E-state index is 0.126. The second-order valence-corrected chi connectivity index (χ2v) is 6.90. The molecule has 0 fully saturated rings. The van der Waals surface area contributed by atoms with Gasteiger partial charge >= 0.3 is 0 Å². The molecular weight excluding hydrogens is 399 g/mol. The minimum Gasteiger partial charge on any atom is -0.495 e. The number of halogens is 2. The first kappa shape index (κ1) is 18.9. The SMILES string of the molecule is COc1ccc(Cl)cc1NC(=O)CC1C(=O)Nc2c(-c3ccc(F)cc3)cnn21. The second-order valence-electron chi connectivity index (χ2n) is 6.46. The van der Waals surface area contributed by atoms with Crippen LogP contribution in [0.1, 0.15) is 12.5 Å². The molecule has 1 aliphatic rings. The molecule has 1 aromatic heterocycles. The molecule has 7 nitrogen and oxygen atoms in total. The highest BCUT2D eigenvalue weighted by atomic mass is 35.5. The van der Waals surface area contributed by atoms with Crippen molar-refractivity contribution >= 4 is 34.9 Å². The number of ether oxygens (including phenoxy) is 1. The van der Waals surface area contributed by atoms with E-state index in [1.165, 1.54) is 23.9 Å². The summed E-state index contributed by atoms with van der Waals surface area (Å²) in [6, 6.07) is 9.92. The number of hydrogen-bond acceptors (Lipinski definition) is 4. The number of amides is 2. The van der Waals surface area contributed by atoms with Gasteiger partial charge in [0.15, 0.2) is 0 Å². The van der Waals surface area contributed by atoms with Crippen molar-refractivity contribution in [1.29, 1.82) is 0 Å². The van der Waals surface area contributed by atoms with E-state index in [9.17, 15) is 14.0 Å². The summed E-state index contributed by atoms with van der Waals surface area (Å²) in [5.41, 5.74) is 1.77. The molecule has 0 saturated heterocycles. The lowest BCUT2D eigenvalue weighted by Gasteiger charge is -2.12. The fourth-order valence-electron chi connectivity index (χ4n) is 3.21. The van der Waals surface area contributed by atoms with Crippen LogP contribution in [0.3, 0.4) is 0 Å². The zero-order valence-electron chi connectivity index (χ0n) is 15.3. The molecule has 0 aliphatic carbocycles. The Morgan fingerprint density at radius 3 is 2.79 bits per heavy atom. The summed E-state index contributed by atoms with van der Waals surface area (Å²) in [4.78, 5) is 25.0. The average Bonchev–Trinajstić information content (AvgIpc) is 3.22. The fourth-order valence-corrected chi connectivity index (χ4v) is 3.38. The molecular formula is C20H16ClFN4O3. The molecule has 0 bridgehead atoms. The Morgan fingerprint density at radius 2 is 2.07 bits per heavy atom. The molecule has 0 spiro atoms. The molecule has 148 valence electrons. The molecule has 2 N–H and O–H groups in total. The lowest BCUT2D eigenvalue weighted by Crippen LogP contribution is -2.23. The molecule has 2 amide bonds. The summed E-state index contributed by atoms with van der Waals surface area (Å²) >= 11 is 5.98. The lowest BCUT2D eigenvalue weighted by atomic mass is 10.1. The Kier molecular flexibility index (Phi) is 4.94. The largest absolute Gasteiger partial charge is 0.495 e. The molecule has 29 heavy (non-hydrogen) atoms. The average molecular weight is 415 g/mol. The van der Waals surface area contributed by atoms with E-state index in [1.807, 2.05) is 0 Å². The van der Waals surface area contributed by atoms with Crippen molar-refractivity contribution < 1.29 is 18.7 Å². The quantitative estimate of drug-likeness (QED) is 0.663. The van der Waals surface area contributed by atoms with Gasteiger partial charge in [-0.25, -0.2) is 9.07 Å². The van der Waals surface area contributed by atoms with E-state index in [-0.39, 0.29) is 18.1 Å². The number of nitrogens with zero attached hydrogens (tertiary/aromatic N) is 2. The third-order valence-corrected chi connectivity index (χ3v) is 4.84. The Bertz CT molecular complexity index is 1100. The Balaban J connectivity index is 1.54. The number of nitrogens with one attached hydrogen (secondary N) is 2. The maximum absolute atomic E-state index is 13.2. The Morgan fingerprint density at radius 1 is 1.31 bits per heavy atom. The van der Waals surface area contributed by atoms with Gasteiger partial charge in [0.2, 0.25) is 5.91 Å². The van der Waals surface area contributed by atoms with Gasteiger partial charge in [-0.15, -0.1) is 0 Å². The number of anilines is 2. The van der Waals surface area contributed by atoms with Crippen molar-refractivity contribution in [3.8, 4) is 16.9 Å². The van der Waals surface area contributed by atoms with E-state index in [4.69, 9.17) is 16.3 Å². The summed E-state index contributed by atoms with van der Waals surface area (Å²) in [7, 11) is 1.48. The molecule has 0 radical (unpaired) electrons. The van der Waals surface area contributed by atoms with Crippen LogP contribution in [0.15, 0.2) is 48.7 Å². The number of benzene rings is 2. The van der Waals surface area contributed by atoms with Crippen LogP contribution in [0.4, 0.5) is 15.9 Å². The summed E-state index contributed by atoms with van der Waals surface area (Å²) < 4.78 is 19.9. The van der Waals surface area contributed by atoms with Crippen molar-refractivity contribution in [1.82, 2.24) is 9.78 Å². The van der Waals surface area contributed by atoms with Crippen LogP contribution in [0.25, 0.3) is 11.1 Å². The number of fused-ring (bicyclic) bond motifs is 1. The highest BCUT2D eigenvalue weighted by molar-refractivity contribution is 6.31. The maximum Gasteiger partial charge on any atom is 0.251 e. The molecule has 1 atom stereocenters. The van der Waals surface area contributed by atoms with E-state index < -0.39 is 11.9 Å². The van der Waals surface area contributed by atoms with Crippen LogP contribution in [-0.2, 0) is 9.59 Å². The minimum atomic E-state index is -0.802. The van der Waals surface area contributed by atoms with Crippen molar-refractivity contribution in [3.63, 3.8) is 0 Å². The number of aromatic nitrogens is 2. The van der Waals surface area contributed by atoms with E-state index in [0.717, 1.165) is 0 Å². The topological polar surface area (TPSA) is 85.2 Å². The van der Waals surface area contributed by atoms with Crippen LogP contribution in [0.5, 0.6) is 5.75 Å². The number of methoxy groups -OCH3 is 1. The van der Waals surface area contributed by atoms with Gasteiger partial charge in [0.25, 0.3) is 5.91 Å². The number of carbonyl (C=O) groups excluding carboxylic acids is 2. The van der Waals surface area contributed by atoms with Gasteiger partial charge in [0.1, 0.15) is 23.4 Å². The van der Waals surface area contributed by atoms with Gasteiger partial charge in [-0.2, -0.15) is 5.10 Å². The third-order valence-electron chi connectivity index (χ3n) is 4.60. The molecule has 0 saturated carbocycles. The van der Waals surface area contributed by atoms with Gasteiger partial charge in [-0.05, 0) is 35.9 Å². The molecule has 3 aromatic rings. The zero-order valence-corrected chi connectivity index (χ0v) is 16.0. The van der Waals surface area contributed by atoms with Crippen LogP contribution >= 0.6 is 11.6 Å². The van der Waals surface area contributed by atoms with Crippen molar-refractivity contribution in [2.45, 2.75) is 12.5 Å². The van der Waals surface area contributed by atoms with Crippen molar-refractivity contribution in [3.05, 3.63) is 59.5 Å². The van der Waals surface area contributed by atoms with Gasteiger partial charge in [0.05, 0.1) is 25.4 Å². The van der Waals surface area contributed by atoms with Crippen molar-refractivity contribution in [2.75, 3.05) is 17.7 Å². The van der Waals surface area contributed by atoms with Crippen LogP contribution in [0.2, 0.25) is 5.02 Å². The number of rotatable bonds is 5. The van der Waals surface area contributed by atoms with Gasteiger partial charge in [-0.1, -0.05) is 23.7 Å². The van der Waals surface area contributed by atoms with Crippen LogP contribution in [0, 0.1) is 5.82 Å². The first-order valence-electron chi connectivity index (χ1n) is 8.74. The predicted molar refractivity (Wildman–Crippen MR) is 107 cm³/mol. The highest BCUT2D eigenvalue weighted by Crippen LogP contribution is 2.36. The highest BCUT2D eigenvalue weighted by Gasteiger charge is 2.35. The predicted octanol–water partition coefficient (Wildman–Crippen LogP) is 3.87. The van der Waals surface area contributed by atoms with E-state index in [0.29, 0.717) is 33.4 Å². The molecule has 1 aliphatic heterocycles. The summed E-state index contributed by atoms with van der Waals surface area (Å²) in [5.74, 6) is -0.161. The normalized spacial score (nSPS) is 15.0. The molecule has 4 rings (SSSR count). The van der Waals surface area contributed by atoms with E-state index >= 15 is 0 Å². The van der Waals surface area contributed by atoms with Crippen LogP contribution in [-0.4, -0.2) is 28.7 Å². The fraction of sp³-hybridized carbons (Fsp3) is 0.150. The summed E-state index contributed by atoms with van der Waals surface area (Å²) in [6.45, 7) is 0. The molecule has 2 aromatic carbocycles. The second kappa shape index (κ2) is 7.56. The zero-order chi connectivity index (χ0) is 20.5. The van der Waals surface area contributed by atoms with E-state index in [2.05, 4.69) is 15.7 Å². The van der Waals surface area contributed by atoms with E-state index in [1.54, 1.807) is 36.5 Å². The maximum atomic E-state index is 13.2. The molecule has 9 heteroatoms. The van der Waals surface area contributed by atoms with Gasteiger partial charge in [-0.3, -0.25) is 9.59 Å². The Labute approximate surface area is 170 Å². The molecule has 2 heterocycles. The van der Waals surface area contributed by atoms with Gasteiger partial charge < -0.3 is 15.4 Å². The molecule has 1 unspecified atom stereocenters. The smallest absolute Gasteiger partial charge is 0.251 e. The van der Waals surface area contributed by atoms with Crippen molar-refractivity contribution in [2.24, 2.45) is 0 Å². The lowest BCUT2D eigenvalue weighted by molar-refractivity contribution is -0.123. The summed E-state index contributed by atoms with van der Waals surface area (Å²) in [5, 5.41) is 10.2. The van der Waals surface area contributed by atoms with Crippen LogP contribution < -0.4 is 15.4 Å². The summed E-state index contributed by atoms with van der Waals surface area (Å²) in [6.07, 6.45) is 1.45. The third kappa shape index (κ3) is 3.66. The number of carbonyl (C=O) groups is 2. The number of hydrogen-bond donors (Lipinski definition) is 2.